The van der Waals surface area contributed by atoms with E-state index in [0.29, 0.717) is 10.6 Å². The normalized spacial score (nSPS) is 17.0. The fourth-order valence-electron chi connectivity index (χ4n) is 5.21. The Balaban J connectivity index is 1.23. The zero-order valence-corrected chi connectivity index (χ0v) is 19.9. The summed E-state index contributed by atoms with van der Waals surface area (Å²) in [4.78, 5) is 29.2. The molecule has 1 aromatic heterocycles. The largest absolute Gasteiger partial charge is 0.465 e. The molecule has 0 spiro atoms. The smallest absolute Gasteiger partial charge is 0.341 e. The topological polar surface area (TPSA) is 58.6 Å². The second kappa shape index (κ2) is 9.65. The molecule has 1 amide bonds. The third kappa shape index (κ3) is 4.55. The summed E-state index contributed by atoms with van der Waals surface area (Å²) in [7, 11) is 1.41. The lowest BCUT2D eigenvalue weighted by Gasteiger charge is -2.31. The van der Waals surface area contributed by atoms with E-state index in [-0.39, 0.29) is 17.8 Å². The van der Waals surface area contributed by atoms with E-state index >= 15 is 0 Å². The van der Waals surface area contributed by atoms with Crippen molar-refractivity contribution in [1.29, 1.82) is 0 Å². The molecule has 3 aromatic rings. The van der Waals surface area contributed by atoms with Crippen LogP contribution in [0.5, 0.6) is 0 Å². The van der Waals surface area contributed by atoms with Gasteiger partial charge in [0.25, 0.3) is 0 Å². The van der Waals surface area contributed by atoms with Gasteiger partial charge in [-0.25, -0.2) is 4.79 Å². The fourth-order valence-corrected chi connectivity index (χ4v) is 6.49. The first-order valence-corrected chi connectivity index (χ1v) is 12.7. The van der Waals surface area contributed by atoms with Crippen LogP contribution in [-0.2, 0) is 28.9 Å². The number of thiophene rings is 1. The molecule has 0 saturated carbocycles. The average Bonchev–Trinajstić information content (AvgIpc) is 3.22. The summed E-state index contributed by atoms with van der Waals surface area (Å²) in [5, 5.41) is 6.35. The summed E-state index contributed by atoms with van der Waals surface area (Å²) >= 11 is 1.56. The molecule has 172 valence electrons. The van der Waals surface area contributed by atoms with Crippen molar-refractivity contribution in [1.82, 2.24) is 4.90 Å². The molecule has 0 radical (unpaired) electrons. The Labute approximate surface area is 198 Å². The van der Waals surface area contributed by atoms with Crippen LogP contribution in [0.3, 0.4) is 0 Å². The van der Waals surface area contributed by atoms with Gasteiger partial charge in [0.05, 0.1) is 12.7 Å². The molecule has 5 nitrogen and oxygen atoms in total. The first-order chi connectivity index (χ1) is 16.1. The summed E-state index contributed by atoms with van der Waals surface area (Å²) < 4.78 is 5.04. The van der Waals surface area contributed by atoms with Crippen molar-refractivity contribution >= 4 is 39.0 Å². The van der Waals surface area contributed by atoms with Crippen molar-refractivity contribution in [3.05, 3.63) is 64.0 Å². The molecule has 1 N–H and O–H groups in total. The summed E-state index contributed by atoms with van der Waals surface area (Å²) in [5.41, 5.74) is 3.00. The quantitative estimate of drug-likeness (QED) is 0.515. The van der Waals surface area contributed by atoms with Gasteiger partial charge in [0.15, 0.2) is 0 Å². The molecule has 1 saturated heterocycles. The molecule has 2 heterocycles. The van der Waals surface area contributed by atoms with Gasteiger partial charge in [-0.05, 0) is 73.5 Å². The maximum absolute atomic E-state index is 13.1. The maximum Gasteiger partial charge on any atom is 0.341 e. The van der Waals surface area contributed by atoms with Gasteiger partial charge >= 0.3 is 5.97 Å². The minimum Gasteiger partial charge on any atom is -0.465 e. The van der Waals surface area contributed by atoms with E-state index in [0.717, 1.165) is 63.7 Å². The fraction of sp³-hybridized carbons (Fsp3) is 0.407. The molecule has 1 aliphatic heterocycles. The van der Waals surface area contributed by atoms with E-state index in [1.807, 2.05) is 0 Å². The van der Waals surface area contributed by atoms with E-state index in [1.165, 1.54) is 28.3 Å². The molecule has 1 fully saturated rings. The summed E-state index contributed by atoms with van der Waals surface area (Å²) in [6.45, 7) is 2.69. The number of methoxy groups -OCH3 is 1. The van der Waals surface area contributed by atoms with Gasteiger partial charge in [-0.1, -0.05) is 42.5 Å². The molecular weight excluding hydrogens is 432 g/mol. The number of aryl methyl sites for hydroxylation is 1. The third-order valence-corrected chi connectivity index (χ3v) is 8.24. The standard InChI is InChI=1S/C27H30N2O3S/c1-32-27(31)24-22-11-4-5-12-23(22)33-26(24)28-25(30)19-13-15-29(16-14-19)17-20-9-6-8-18-7-2-3-10-21(18)20/h2-3,6-10,19H,4-5,11-17H2,1H3,(H,28,30). The number of benzene rings is 2. The highest BCUT2D eigenvalue weighted by Gasteiger charge is 2.30. The molecule has 6 heteroatoms. The monoisotopic (exact) mass is 462 g/mol. The van der Waals surface area contributed by atoms with Crippen LogP contribution >= 0.6 is 11.3 Å². The average molecular weight is 463 g/mol. The van der Waals surface area contributed by atoms with Crippen molar-refractivity contribution in [2.24, 2.45) is 5.92 Å². The summed E-state index contributed by atoms with van der Waals surface area (Å²) in [6.07, 6.45) is 5.74. The number of anilines is 1. The number of likely N-dealkylation sites (tertiary alicyclic amines) is 1. The number of ether oxygens (including phenoxy) is 1. The number of hydrogen-bond donors (Lipinski definition) is 1. The van der Waals surface area contributed by atoms with E-state index in [4.69, 9.17) is 4.74 Å². The lowest BCUT2D eigenvalue weighted by atomic mass is 9.94. The van der Waals surface area contributed by atoms with Crippen LogP contribution in [0, 0.1) is 5.92 Å². The summed E-state index contributed by atoms with van der Waals surface area (Å²) in [5.74, 6) is -0.337. The Kier molecular flexibility index (Phi) is 6.47. The van der Waals surface area contributed by atoms with Gasteiger partial charge in [-0.2, -0.15) is 0 Å². The highest BCUT2D eigenvalue weighted by atomic mass is 32.1. The molecule has 0 bridgehead atoms. The molecular formula is C27H30N2O3S. The Bertz CT molecular complexity index is 1170. The number of fused-ring (bicyclic) bond motifs is 2. The number of hydrogen-bond acceptors (Lipinski definition) is 5. The number of esters is 1. The summed E-state index contributed by atoms with van der Waals surface area (Å²) in [6, 6.07) is 15.0. The van der Waals surface area contributed by atoms with Gasteiger partial charge in [0.1, 0.15) is 5.00 Å². The minimum absolute atomic E-state index is 0.0293. The first kappa shape index (κ1) is 22.1. The van der Waals surface area contributed by atoms with Crippen LogP contribution in [-0.4, -0.2) is 37.0 Å². The number of rotatable bonds is 5. The molecule has 0 atom stereocenters. The Morgan fingerprint density at radius 3 is 2.64 bits per heavy atom. The van der Waals surface area contributed by atoms with E-state index < -0.39 is 0 Å². The van der Waals surface area contributed by atoms with Gasteiger partial charge in [0.2, 0.25) is 5.91 Å². The van der Waals surface area contributed by atoms with Crippen LogP contribution in [0.2, 0.25) is 0 Å². The molecule has 2 aromatic carbocycles. The zero-order chi connectivity index (χ0) is 22.8. The van der Waals surface area contributed by atoms with Gasteiger partial charge < -0.3 is 10.1 Å². The third-order valence-electron chi connectivity index (χ3n) is 7.03. The number of carbonyl (C=O) groups is 2. The Hall–Kier alpha value is -2.70. The molecule has 0 unspecified atom stereocenters. The first-order valence-electron chi connectivity index (χ1n) is 11.9. The Morgan fingerprint density at radius 2 is 1.82 bits per heavy atom. The Morgan fingerprint density at radius 1 is 1.06 bits per heavy atom. The number of nitrogens with zero attached hydrogens (tertiary/aromatic N) is 1. The SMILES string of the molecule is COC(=O)c1c(NC(=O)C2CCN(Cc3cccc4ccccc34)CC2)sc2c1CCCC2. The number of piperidine rings is 1. The van der Waals surface area contributed by atoms with Crippen molar-refractivity contribution in [3.8, 4) is 0 Å². The lowest BCUT2D eigenvalue weighted by molar-refractivity contribution is -0.121. The predicted octanol–water partition coefficient (Wildman–Crippen LogP) is 5.42. The van der Waals surface area contributed by atoms with Crippen LogP contribution in [0.25, 0.3) is 10.8 Å². The zero-order valence-electron chi connectivity index (χ0n) is 19.1. The molecule has 2 aliphatic rings. The maximum atomic E-state index is 13.1. The lowest BCUT2D eigenvalue weighted by Crippen LogP contribution is -2.37. The van der Waals surface area contributed by atoms with Gasteiger partial charge in [0, 0.05) is 17.3 Å². The highest BCUT2D eigenvalue weighted by Crippen LogP contribution is 2.39. The second-order valence-corrected chi connectivity index (χ2v) is 10.2. The van der Waals surface area contributed by atoms with Gasteiger partial charge in [-0.15, -0.1) is 11.3 Å². The van der Waals surface area contributed by atoms with Crippen LogP contribution in [0.15, 0.2) is 42.5 Å². The van der Waals surface area contributed by atoms with Crippen molar-refractivity contribution in [3.63, 3.8) is 0 Å². The number of carbonyl (C=O) groups excluding carboxylic acids is 2. The molecule has 5 rings (SSSR count). The van der Waals surface area contributed by atoms with E-state index in [9.17, 15) is 9.59 Å². The highest BCUT2D eigenvalue weighted by molar-refractivity contribution is 7.17. The van der Waals surface area contributed by atoms with Crippen LogP contribution in [0.1, 0.15) is 52.0 Å². The van der Waals surface area contributed by atoms with Crippen LogP contribution < -0.4 is 5.32 Å². The van der Waals surface area contributed by atoms with Crippen molar-refractivity contribution < 1.29 is 14.3 Å². The number of nitrogens with one attached hydrogen (secondary N) is 1. The van der Waals surface area contributed by atoms with Crippen molar-refractivity contribution in [2.75, 3.05) is 25.5 Å². The second-order valence-electron chi connectivity index (χ2n) is 9.08. The van der Waals surface area contributed by atoms with E-state index in [2.05, 4.69) is 52.7 Å². The predicted molar refractivity (Wildman–Crippen MR) is 133 cm³/mol. The van der Waals surface area contributed by atoms with E-state index in [1.54, 1.807) is 11.3 Å². The number of amides is 1. The van der Waals surface area contributed by atoms with Crippen molar-refractivity contribution in [2.45, 2.75) is 45.1 Å². The molecule has 33 heavy (non-hydrogen) atoms. The minimum atomic E-state index is -0.338. The van der Waals surface area contributed by atoms with Crippen LogP contribution in [0.4, 0.5) is 5.00 Å². The molecule has 1 aliphatic carbocycles. The van der Waals surface area contributed by atoms with Gasteiger partial charge in [-0.3, -0.25) is 9.69 Å².